The molecule has 1 atom stereocenters. The molecule has 0 bridgehead atoms. The van der Waals surface area contributed by atoms with Gasteiger partial charge in [-0.3, -0.25) is 4.57 Å². The van der Waals surface area contributed by atoms with E-state index in [0.29, 0.717) is 6.61 Å². The van der Waals surface area contributed by atoms with Crippen molar-refractivity contribution >= 4 is 22.7 Å². The van der Waals surface area contributed by atoms with E-state index < -0.39 is 0 Å². The minimum absolute atomic E-state index is 0.278. The summed E-state index contributed by atoms with van der Waals surface area (Å²) in [6.45, 7) is 3.50. The van der Waals surface area contributed by atoms with E-state index in [0.717, 1.165) is 64.1 Å². The Morgan fingerprint density at radius 3 is 2.81 bits per heavy atom. The first-order valence-electron chi connectivity index (χ1n) is 10.8. The Bertz CT molecular complexity index is 1150. The van der Waals surface area contributed by atoms with Crippen molar-refractivity contribution in [1.29, 1.82) is 0 Å². The Hall–Kier alpha value is -2.77. The summed E-state index contributed by atoms with van der Waals surface area (Å²) in [7, 11) is 0. The van der Waals surface area contributed by atoms with E-state index in [1.807, 2.05) is 37.4 Å². The van der Waals surface area contributed by atoms with Crippen molar-refractivity contribution in [2.24, 2.45) is 0 Å². The molecule has 0 unspecified atom stereocenters. The quantitative estimate of drug-likeness (QED) is 0.391. The van der Waals surface area contributed by atoms with Crippen LogP contribution in [-0.4, -0.2) is 44.8 Å². The number of H-pyrrole nitrogens is 1. The number of nitrogens with zero attached hydrogens (tertiary/aromatic N) is 3. The highest BCUT2D eigenvalue weighted by Crippen LogP contribution is 2.33. The van der Waals surface area contributed by atoms with Gasteiger partial charge in [-0.05, 0) is 56.5 Å². The summed E-state index contributed by atoms with van der Waals surface area (Å²) in [4.78, 5) is 3.36. The molecule has 5 rings (SSSR count). The van der Waals surface area contributed by atoms with Gasteiger partial charge in [0.25, 0.3) is 0 Å². The van der Waals surface area contributed by atoms with Crippen molar-refractivity contribution in [2.45, 2.75) is 37.4 Å². The SMILES string of the molecule is CCOc1ccc(-n2c(SC[C@@H]3CCCCO3)nnc2-c2c[nH]c3ccccc23)cc1. The molecular weight excluding hydrogens is 408 g/mol. The van der Waals surface area contributed by atoms with Gasteiger partial charge < -0.3 is 14.5 Å². The minimum Gasteiger partial charge on any atom is -0.494 e. The summed E-state index contributed by atoms with van der Waals surface area (Å²) in [5.74, 6) is 2.56. The van der Waals surface area contributed by atoms with Crippen LogP contribution in [0, 0.1) is 0 Å². The first-order chi connectivity index (χ1) is 15.3. The molecular formula is C24H26N4O2S. The number of rotatable bonds is 7. The van der Waals surface area contributed by atoms with Crippen LogP contribution < -0.4 is 4.74 Å². The van der Waals surface area contributed by atoms with E-state index in [4.69, 9.17) is 9.47 Å². The molecule has 1 saturated heterocycles. The van der Waals surface area contributed by atoms with Gasteiger partial charge in [0.15, 0.2) is 11.0 Å². The first-order valence-corrected chi connectivity index (χ1v) is 11.8. The maximum absolute atomic E-state index is 5.92. The second-order valence-electron chi connectivity index (χ2n) is 7.62. The number of nitrogens with one attached hydrogen (secondary N) is 1. The van der Waals surface area contributed by atoms with Gasteiger partial charge in [-0.15, -0.1) is 10.2 Å². The standard InChI is InChI=1S/C24H26N4O2S/c1-2-29-18-12-10-17(11-13-18)28-23(21-15-25-22-9-4-3-8-20(21)22)26-27-24(28)31-16-19-7-5-6-14-30-19/h3-4,8-13,15,19,25H,2,5-7,14,16H2,1H3/t19-/m0/s1. The average Bonchev–Trinajstić information content (AvgIpc) is 3.43. The van der Waals surface area contributed by atoms with E-state index in [9.17, 15) is 0 Å². The van der Waals surface area contributed by atoms with Crippen molar-refractivity contribution in [1.82, 2.24) is 19.7 Å². The summed E-state index contributed by atoms with van der Waals surface area (Å²) in [6.07, 6.45) is 5.80. The van der Waals surface area contributed by atoms with Crippen molar-refractivity contribution in [3.63, 3.8) is 0 Å². The molecule has 4 aromatic rings. The number of aromatic amines is 1. The molecule has 7 heteroatoms. The second-order valence-corrected chi connectivity index (χ2v) is 8.60. The molecule has 2 aromatic heterocycles. The average molecular weight is 435 g/mol. The Morgan fingerprint density at radius 1 is 1.13 bits per heavy atom. The van der Waals surface area contributed by atoms with Crippen LogP contribution >= 0.6 is 11.8 Å². The van der Waals surface area contributed by atoms with Gasteiger partial charge in [-0.2, -0.15) is 0 Å². The summed E-state index contributed by atoms with van der Waals surface area (Å²) in [5, 5.41) is 11.2. The maximum Gasteiger partial charge on any atom is 0.196 e. The fraction of sp³-hybridized carbons (Fsp3) is 0.333. The molecule has 3 heterocycles. The van der Waals surface area contributed by atoms with E-state index in [-0.39, 0.29) is 6.10 Å². The Labute approximate surface area is 186 Å². The number of aromatic nitrogens is 4. The number of fused-ring (bicyclic) bond motifs is 1. The largest absolute Gasteiger partial charge is 0.494 e. The topological polar surface area (TPSA) is 65.0 Å². The van der Waals surface area contributed by atoms with E-state index in [1.165, 1.54) is 6.42 Å². The minimum atomic E-state index is 0.278. The Balaban J connectivity index is 1.53. The summed E-state index contributed by atoms with van der Waals surface area (Å²) >= 11 is 1.71. The van der Waals surface area contributed by atoms with Crippen LogP contribution in [0.5, 0.6) is 5.75 Å². The molecule has 1 aliphatic rings. The molecule has 0 aliphatic carbocycles. The highest BCUT2D eigenvalue weighted by Gasteiger charge is 2.21. The van der Waals surface area contributed by atoms with E-state index in [1.54, 1.807) is 11.8 Å². The molecule has 0 spiro atoms. The van der Waals surface area contributed by atoms with E-state index in [2.05, 4.69) is 44.0 Å². The molecule has 0 saturated carbocycles. The van der Waals surface area contributed by atoms with Crippen LogP contribution in [0.1, 0.15) is 26.2 Å². The van der Waals surface area contributed by atoms with Gasteiger partial charge >= 0.3 is 0 Å². The van der Waals surface area contributed by atoms with Gasteiger partial charge in [-0.25, -0.2) is 0 Å². The summed E-state index contributed by atoms with van der Waals surface area (Å²) < 4.78 is 13.7. The summed E-state index contributed by atoms with van der Waals surface area (Å²) in [5.41, 5.74) is 3.14. The molecule has 160 valence electrons. The third-order valence-corrected chi connectivity index (χ3v) is 6.60. The molecule has 1 fully saturated rings. The highest BCUT2D eigenvalue weighted by molar-refractivity contribution is 7.99. The van der Waals surface area contributed by atoms with Gasteiger partial charge in [0, 0.05) is 40.7 Å². The van der Waals surface area contributed by atoms with Crippen molar-refractivity contribution < 1.29 is 9.47 Å². The fourth-order valence-corrected chi connectivity index (χ4v) is 5.01. The smallest absolute Gasteiger partial charge is 0.196 e. The van der Waals surface area contributed by atoms with Gasteiger partial charge in [-0.1, -0.05) is 30.0 Å². The maximum atomic E-state index is 5.92. The lowest BCUT2D eigenvalue weighted by molar-refractivity contribution is 0.0315. The third-order valence-electron chi connectivity index (χ3n) is 5.54. The lowest BCUT2D eigenvalue weighted by atomic mass is 10.1. The number of hydrogen-bond acceptors (Lipinski definition) is 5. The number of para-hydroxylation sites is 1. The van der Waals surface area contributed by atoms with E-state index >= 15 is 0 Å². The van der Waals surface area contributed by atoms with Crippen LogP contribution in [-0.2, 0) is 4.74 Å². The number of benzene rings is 2. The molecule has 0 radical (unpaired) electrons. The fourth-order valence-electron chi connectivity index (χ4n) is 3.99. The van der Waals surface area contributed by atoms with Gasteiger partial charge in [0.05, 0.1) is 12.7 Å². The normalized spacial score (nSPS) is 16.6. The number of hydrogen-bond donors (Lipinski definition) is 1. The van der Waals surface area contributed by atoms with Crippen LogP contribution in [0.3, 0.4) is 0 Å². The van der Waals surface area contributed by atoms with Crippen LogP contribution in [0.4, 0.5) is 0 Å². The zero-order valence-electron chi connectivity index (χ0n) is 17.6. The Kier molecular flexibility index (Phi) is 5.95. The summed E-state index contributed by atoms with van der Waals surface area (Å²) in [6, 6.07) is 16.4. The molecule has 1 aliphatic heterocycles. The number of ether oxygens (including phenoxy) is 2. The Morgan fingerprint density at radius 2 is 2.00 bits per heavy atom. The highest BCUT2D eigenvalue weighted by atomic mass is 32.2. The molecule has 6 nitrogen and oxygen atoms in total. The van der Waals surface area contributed by atoms with Crippen molar-refractivity contribution in [3.05, 3.63) is 54.7 Å². The monoisotopic (exact) mass is 434 g/mol. The second kappa shape index (κ2) is 9.16. The molecule has 31 heavy (non-hydrogen) atoms. The molecule has 1 N–H and O–H groups in total. The molecule has 0 amide bonds. The van der Waals surface area contributed by atoms with Crippen LogP contribution in [0.2, 0.25) is 0 Å². The lowest BCUT2D eigenvalue weighted by Crippen LogP contribution is -2.21. The van der Waals surface area contributed by atoms with Crippen molar-refractivity contribution in [2.75, 3.05) is 19.0 Å². The zero-order chi connectivity index (χ0) is 21.0. The lowest BCUT2D eigenvalue weighted by Gasteiger charge is -2.22. The zero-order valence-corrected chi connectivity index (χ0v) is 18.4. The van der Waals surface area contributed by atoms with Gasteiger partial charge in [0.2, 0.25) is 0 Å². The van der Waals surface area contributed by atoms with Crippen LogP contribution in [0.15, 0.2) is 59.9 Å². The van der Waals surface area contributed by atoms with Crippen molar-refractivity contribution in [3.8, 4) is 22.8 Å². The van der Waals surface area contributed by atoms with Crippen LogP contribution in [0.25, 0.3) is 28.0 Å². The molecule has 2 aromatic carbocycles. The predicted molar refractivity (Wildman–Crippen MR) is 124 cm³/mol. The first kappa shape index (κ1) is 20.2. The number of thioether (sulfide) groups is 1. The van der Waals surface area contributed by atoms with Gasteiger partial charge in [0.1, 0.15) is 5.75 Å². The third kappa shape index (κ3) is 4.20. The predicted octanol–water partition coefficient (Wildman–Crippen LogP) is 5.48.